The molecule has 18 heavy (non-hydrogen) atoms. The molecule has 2 rings (SSSR count). The molecule has 5 heteroatoms. The van der Waals surface area contributed by atoms with E-state index < -0.39 is 11.6 Å². The lowest BCUT2D eigenvalue weighted by atomic mass is 10.0. The maximum Gasteiger partial charge on any atom is 0.168 e. The molecule has 0 radical (unpaired) electrons. The summed E-state index contributed by atoms with van der Waals surface area (Å²) in [5.41, 5.74) is 7.05. The zero-order valence-electron chi connectivity index (χ0n) is 9.28. The summed E-state index contributed by atoms with van der Waals surface area (Å²) in [6, 6.07) is 10.3. The number of hydrogen-bond acceptors (Lipinski definition) is 1. The van der Waals surface area contributed by atoms with E-state index >= 15 is 0 Å². The minimum absolute atomic E-state index is 0.163. The van der Waals surface area contributed by atoms with Crippen LogP contribution in [0.25, 0.3) is 11.1 Å². The van der Waals surface area contributed by atoms with Gasteiger partial charge in [-0.1, -0.05) is 12.1 Å². The number of benzene rings is 2. The van der Waals surface area contributed by atoms with Crippen molar-refractivity contribution >= 4 is 23.0 Å². The highest BCUT2D eigenvalue weighted by Crippen LogP contribution is 2.24. The van der Waals surface area contributed by atoms with Gasteiger partial charge >= 0.3 is 0 Å². The summed E-state index contributed by atoms with van der Waals surface area (Å²) in [5, 5.41) is 2.93. The number of thiocarbonyl (C=S) groups is 1. The molecule has 0 bridgehead atoms. The van der Waals surface area contributed by atoms with E-state index in [2.05, 4.69) is 5.32 Å². The standard InChI is InChI=1S/C13H10F2N2S/c14-9-3-6-11(12(15)7-9)8-1-4-10(5-2-8)17-13(16)18/h1-7H,(H3,16,17,18). The molecular formula is C13H10F2N2S. The molecule has 0 saturated carbocycles. The maximum absolute atomic E-state index is 13.6. The van der Waals surface area contributed by atoms with Gasteiger partial charge in [-0.15, -0.1) is 0 Å². The van der Waals surface area contributed by atoms with Crippen LogP contribution >= 0.6 is 12.2 Å². The average Bonchev–Trinajstić information content (AvgIpc) is 2.30. The van der Waals surface area contributed by atoms with E-state index in [1.807, 2.05) is 0 Å². The van der Waals surface area contributed by atoms with Gasteiger partial charge in [0.1, 0.15) is 11.6 Å². The van der Waals surface area contributed by atoms with E-state index in [1.54, 1.807) is 24.3 Å². The summed E-state index contributed by atoms with van der Waals surface area (Å²) >= 11 is 4.70. The van der Waals surface area contributed by atoms with Crippen LogP contribution in [-0.2, 0) is 0 Å². The Hall–Kier alpha value is -2.01. The van der Waals surface area contributed by atoms with Gasteiger partial charge in [0.15, 0.2) is 5.11 Å². The first kappa shape index (κ1) is 12.4. The minimum atomic E-state index is -0.594. The molecule has 0 heterocycles. The molecule has 2 nitrogen and oxygen atoms in total. The average molecular weight is 264 g/mol. The van der Waals surface area contributed by atoms with Crippen LogP contribution in [0.1, 0.15) is 0 Å². The van der Waals surface area contributed by atoms with E-state index in [0.29, 0.717) is 16.8 Å². The maximum atomic E-state index is 13.6. The highest BCUT2D eigenvalue weighted by Gasteiger charge is 2.06. The Morgan fingerprint density at radius 3 is 2.28 bits per heavy atom. The molecule has 0 aromatic heterocycles. The molecule has 0 aliphatic carbocycles. The molecule has 0 atom stereocenters. The van der Waals surface area contributed by atoms with Crippen molar-refractivity contribution < 1.29 is 8.78 Å². The van der Waals surface area contributed by atoms with Gasteiger partial charge in [0.25, 0.3) is 0 Å². The van der Waals surface area contributed by atoms with Crippen LogP contribution in [0.15, 0.2) is 42.5 Å². The lowest BCUT2D eigenvalue weighted by Crippen LogP contribution is -2.18. The van der Waals surface area contributed by atoms with E-state index in [1.165, 1.54) is 12.1 Å². The number of nitrogens with one attached hydrogen (secondary N) is 1. The second kappa shape index (κ2) is 5.10. The highest BCUT2D eigenvalue weighted by molar-refractivity contribution is 7.80. The molecule has 3 N–H and O–H groups in total. The van der Waals surface area contributed by atoms with Gasteiger partial charge in [-0.2, -0.15) is 0 Å². The van der Waals surface area contributed by atoms with Crippen molar-refractivity contribution in [2.75, 3.05) is 5.32 Å². The fourth-order valence-corrected chi connectivity index (χ4v) is 1.72. The summed E-state index contributed by atoms with van der Waals surface area (Å²) in [6.45, 7) is 0. The largest absolute Gasteiger partial charge is 0.376 e. The first-order valence-electron chi connectivity index (χ1n) is 5.18. The zero-order valence-corrected chi connectivity index (χ0v) is 10.1. The van der Waals surface area contributed by atoms with Crippen molar-refractivity contribution in [2.24, 2.45) is 5.73 Å². The molecule has 0 aliphatic rings. The molecule has 0 amide bonds. The summed E-state index contributed by atoms with van der Waals surface area (Å²) in [6.07, 6.45) is 0. The molecule has 2 aromatic rings. The number of nitrogens with two attached hydrogens (primary N) is 1. The Labute approximate surface area is 108 Å². The quantitative estimate of drug-likeness (QED) is 0.817. The highest BCUT2D eigenvalue weighted by atomic mass is 32.1. The van der Waals surface area contributed by atoms with Crippen LogP contribution in [0.3, 0.4) is 0 Å². The number of halogens is 2. The Balaban J connectivity index is 2.31. The smallest absolute Gasteiger partial charge is 0.168 e. The van der Waals surface area contributed by atoms with Crippen LogP contribution in [0, 0.1) is 11.6 Å². The van der Waals surface area contributed by atoms with Gasteiger partial charge in [0, 0.05) is 17.3 Å². The molecule has 2 aromatic carbocycles. The van der Waals surface area contributed by atoms with Gasteiger partial charge in [-0.3, -0.25) is 0 Å². The van der Waals surface area contributed by atoms with Gasteiger partial charge in [0.2, 0.25) is 0 Å². The van der Waals surface area contributed by atoms with Crippen LogP contribution in [0.2, 0.25) is 0 Å². The molecule has 0 unspecified atom stereocenters. The fourth-order valence-electron chi connectivity index (χ4n) is 1.60. The third kappa shape index (κ3) is 2.81. The lowest BCUT2D eigenvalue weighted by molar-refractivity contribution is 0.585. The second-order valence-corrected chi connectivity index (χ2v) is 4.13. The number of anilines is 1. The topological polar surface area (TPSA) is 38.0 Å². The van der Waals surface area contributed by atoms with Gasteiger partial charge in [-0.05, 0) is 42.0 Å². The van der Waals surface area contributed by atoms with E-state index in [0.717, 1.165) is 6.07 Å². The third-order valence-electron chi connectivity index (χ3n) is 2.39. The van der Waals surface area contributed by atoms with E-state index in [9.17, 15) is 8.78 Å². The van der Waals surface area contributed by atoms with E-state index in [-0.39, 0.29) is 5.11 Å². The summed E-state index contributed by atoms with van der Waals surface area (Å²) in [5.74, 6) is -1.19. The van der Waals surface area contributed by atoms with Gasteiger partial charge in [0.05, 0.1) is 0 Å². The third-order valence-corrected chi connectivity index (χ3v) is 2.50. The number of hydrogen-bond donors (Lipinski definition) is 2. The minimum Gasteiger partial charge on any atom is -0.376 e. The normalized spacial score (nSPS) is 10.1. The Kier molecular flexibility index (Phi) is 3.53. The number of rotatable bonds is 2. The second-order valence-electron chi connectivity index (χ2n) is 3.69. The molecule has 0 spiro atoms. The van der Waals surface area contributed by atoms with Crippen molar-refractivity contribution in [3.63, 3.8) is 0 Å². The van der Waals surface area contributed by atoms with Gasteiger partial charge in [-0.25, -0.2) is 8.78 Å². The van der Waals surface area contributed by atoms with Crippen molar-refractivity contribution in [2.45, 2.75) is 0 Å². The van der Waals surface area contributed by atoms with Crippen molar-refractivity contribution in [3.8, 4) is 11.1 Å². The summed E-state index contributed by atoms with van der Waals surface area (Å²) in [4.78, 5) is 0. The first-order chi connectivity index (χ1) is 8.56. The molecule has 0 saturated heterocycles. The lowest BCUT2D eigenvalue weighted by Gasteiger charge is -2.06. The van der Waals surface area contributed by atoms with Crippen LogP contribution in [0.4, 0.5) is 14.5 Å². The zero-order chi connectivity index (χ0) is 13.1. The monoisotopic (exact) mass is 264 g/mol. The predicted molar refractivity (Wildman–Crippen MR) is 72.2 cm³/mol. The fraction of sp³-hybridized carbons (Fsp3) is 0. The Morgan fingerprint density at radius 2 is 1.72 bits per heavy atom. The van der Waals surface area contributed by atoms with Crippen LogP contribution in [-0.4, -0.2) is 5.11 Å². The SMILES string of the molecule is NC(=S)Nc1ccc(-c2ccc(F)cc2F)cc1. The van der Waals surface area contributed by atoms with Crippen molar-refractivity contribution in [1.29, 1.82) is 0 Å². The Morgan fingerprint density at radius 1 is 1.06 bits per heavy atom. The summed E-state index contributed by atoms with van der Waals surface area (Å²) < 4.78 is 26.3. The van der Waals surface area contributed by atoms with Crippen LogP contribution < -0.4 is 11.1 Å². The van der Waals surface area contributed by atoms with Crippen LogP contribution in [0.5, 0.6) is 0 Å². The van der Waals surface area contributed by atoms with Crippen molar-refractivity contribution in [3.05, 3.63) is 54.1 Å². The predicted octanol–water partition coefficient (Wildman–Crippen LogP) is 3.29. The molecule has 0 fully saturated rings. The molecular weight excluding hydrogens is 254 g/mol. The van der Waals surface area contributed by atoms with Crippen molar-refractivity contribution in [1.82, 2.24) is 0 Å². The van der Waals surface area contributed by atoms with Gasteiger partial charge < -0.3 is 11.1 Å². The Bertz CT molecular complexity index is 582. The summed E-state index contributed by atoms with van der Waals surface area (Å²) in [7, 11) is 0. The molecule has 92 valence electrons. The van der Waals surface area contributed by atoms with E-state index in [4.69, 9.17) is 18.0 Å². The first-order valence-corrected chi connectivity index (χ1v) is 5.59. The molecule has 0 aliphatic heterocycles.